The van der Waals surface area contributed by atoms with Gasteiger partial charge >= 0.3 is 6.18 Å². The zero-order chi connectivity index (χ0) is 9.90. The number of aromatic nitrogens is 1. The van der Waals surface area contributed by atoms with Gasteiger partial charge in [0, 0.05) is 11.1 Å². The third-order valence-electron chi connectivity index (χ3n) is 1.35. The second kappa shape index (κ2) is 4.00. The summed E-state index contributed by atoms with van der Waals surface area (Å²) in [5, 5.41) is 0. The van der Waals surface area contributed by atoms with Gasteiger partial charge in [0.15, 0.2) is 0 Å². The molecular weight excluding hydrogens is 199 g/mol. The van der Waals surface area contributed by atoms with Crippen molar-refractivity contribution in [2.45, 2.75) is 18.0 Å². The van der Waals surface area contributed by atoms with Crippen LogP contribution in [0.4, 0.5) is 13.2 Å². The van der Waals surface area contributed by atoms with E-state index >= 15 is 0 Å². The molecule has 0 atom stereocenters. The summed E-state index contributed by atoms with van der Waals surface area (Å²) in [5.74, 6) is -0.862. The van der Waals surface area contributed by atoms with Crippen LogP contribution in [0.5, 0.6) is 0 Å². The SMILES string of the molecule is Cc1ncccc1SCC(F)(F)F. The Bertz CT molecular complexity index is 285. The molecule has 72 valence electrons. The van der Waals surface area contributed by atoms with Gasteiger partial charge in [-0.2, -0.15) is 13.2 Å². The van der Waals surface area contributed by atoms with Crippen molar-refractivity contribution in [3.05, 3.63) is 24.0 Å². The van der Waals surface area contributed by atoms with Gasteiger partial charge in [0.05, 0.1) is 11.4 Å². The van der Waals surface area contributed by atoms with Gasteiger partial charge in [0.1, 0.15) is 0 Å². The minimum absolute atomic E-state index is 0.583. The summed E-state index contributed by atoms with van der Waals surface area (Å²) in [7, 11) is 0. The first-order chi connectivity index (χ1) is 5.99. The summed E-state index contributed by atoms with van der Waals surface area (Å²) in [4.78, 5) is 4.47. The fraction of sp³-hybridized carbons (Fsp3) is 0.375. The lowest BCUT2D eigenvalue weighted by Gasteiger charge is -2.06. The van der Waals surface area contributed by atoms with Crippen LogP contribution in [0, 0.1) is 6.92 Å². The van der Waals surface area contributed by atoms with Crippen LogP contribution >= 0.6 is 11.8 Å². The molecule has 0 radical (unpaired) electrons. The fourth-order valence-electron chi connectivity index (χ4n) is 0.782. The van der Waals surface area contributed by atoms with E-state index in [0.29, 0.717) is 10.6 Å². The highest BCUT2D eigenvalue weighted by molar-refractivity contribution is 7.99. The van der Waals surface area contributed by atoms with E-state index in [9.17, 15) is 13.2 Å². The summed E-state index contributed by atoms with van der Waals surface area (Å²) in [5.41, 5.74) is 0.636. The van der Waals surface area contributed by atoms with Crippen molar-refractivity contribution in [2.75, 3.05) is 5.75 Å². The Kier molecular flexibility index (Phi) is 3.19. The number of hydrogen-bond acceptors (Lipinski definition) is 2. The van der Waals surface area contributed by atoms with E-state index in [0.717, 1.165) is 11.8 Å². The first kappa shape index (κ1) is 10.4. The van der Waals surface area contributed by atoms with E-state index in [4.69, 9.17) is 0 Å². The highest BCUT2D eigenvalue weighted by Gasteiger charge is 2.27. The van der Waals surface area contributed by atoms with Crippen molar-refractivity contribution in [1.82, 2.24) is 4.98 Å². The van der Waals surface area contributed by atoms with Crippen molar-refractivity contribution in [2.24, 2.45) is 0 Å². The summed E-state index contributed by atoms with van der Waals surface area (Å²) < 4.78 is 35.5. The standard InChI is InChI=1S/C8H8F3NS/c1-6-7(3-2-4-12-6)13-5-8(9,10)11/h2-4H,5H2,1H3. The van der Waals surface area contributed by atoms with Crippen LogP contribution in [0.1, 0.15) is 5.69 Å². The predicted octanol–water partition coefficient (Wildman–Crippen LogP) is 3.04. The third-order valence-corrected chi connectivity index (χ3v) is 2.56. The zero-order valence-electron chi connectivity index (χ0n) is 6.93. The first-order valence-corrected chi connectivity index (χ1v) is 4.59. The van der Waals surface area contributed by atoms with Crippen molar-refractivity contribution >= 4 is 11.8 Å². The fourth-order valence-corrected chi connectivity index (χ4v) is 1.54. The number of alkyl halides is 3. The Hall–Kier alpha value is -0.710. The minimum atomic E-state index is -4.12. The Morgan fingerprint density at radius 3 is 2.69 bits per heavy atom. The topological polar surface area (TPSA) is 12.9 Å². The Balaban J connectivity index is 2.60. The molecule has 0 fully saturated rings. The molecule has 5 heteroatoms. The lowest BCUT2D eigenvalue weighted by Crippen LogP contribution is -2.10. The van der Waals surface area contributed by atoms with Gasteiger partial charge in [-0.05, 0) is 19.1 Å². The molecule has 1 rings (SSSR count). The molecule has 1 aromatic rings. The number of halogens is 3. The Morgan fingerprint density at radius 2 is 2.15 bits per heavy atom. The molecule has 1 aromatic heterocycles. The van der Waals surface area contributed by atoms with Gasteiger partial charge in [-0.1, -0.05) is 0 Å². The molecule has 0 aliphatic rings. The van der Waals surface area contributed by atoms with Gasteiger partial charge in [-0.15, -0.1) is 11.8 Å². The van der Waals surface area contributed by atoms with Crippen LogP contribution < -0.4 is 0 Å². The minimum Gasteiger partial charge on any atom is -0.260 e. The summed E-state index contributed by atoms with van der Waals surface area (Å²) in [6.45, 7) is 1.69. The van der Waals surface area contributed by atoms with Crippen LogP contribution in [-0.2, 0) is 0 Å². The molecule has 0 bridgehead atoms. The van der Waals surface area contributed by atoms with E-state index in [-0.39, 0.29) is 0 Å². The van der Waals surface area contributed by atoms with Gasteiger partial charge in [-0.3, -0.25) is 4.98 Å². The predicted molar refractivity (Wildman–Crippen MR) is 45.8 cm³/mol. The molecule has 0 aromatic carbocycles. The monoisotopic (exact) mass is 207 g/mol. The first-order valence-electron chi connectivity index (χ1n) is 3.60. The van der Waals surface area contributed by atoms with E-state index < -0.39 is 11.9 Å². The molecule has 0 N–H and O–H groups in total. The van der Waals surface area contributed by atoms with Crippen LogP contribution in [0.2, 0.25) is 0 Å². The van der Waals surface area contributed by atoms with Crippen LogP contribution in [0.15, 0.2) is 23.2 Å². The maximum absolute atomic E-state index is 11.8. The number of hydrogen-bond donors (Lipinski definition) is 0. The van der Waals surface area contributed by atoms with E-state index in [1.165, 1.54) is 0 Å². The maximum Gasteiger partial charge on any atom is 0.398 e. The summed E-state index contributed by atoms with van der Waals surface area (Å²) in [6.07, 6.45) is -2.56. The van der Waals surface area contributed by atoms with Crippen molar-refractivity contribution in [1.29, 1.82) is 0 Å². The van der Waals surface area contributed by atoms with Crippen molar-refractivity contribution < 1.29 is 13.2 Å². The van der Waals surface area contributed by atoms with Crippen LogP contribution in [-0.4, -0.2) is 16.9 Å². The highest BCUT2D eigenvalue weighted by atomic mass is 32.2. The molecule has 0 saturated heterocycles. The summed E-state index contributed by atoms with van der Waals surface area (Å²) in [6, 6.07) is 3.27. The average molecular weight is 207 g/mol. The molecule has 13 heavy (non-hydrogen) atoms. The van der Waals surface area contributed by atoms with Gasteiger partial charge in [-0.25, -0.2) is 0 Å². The Morgan fingerprint density at radius 1 is 1.46 bits per heavy atom. The molecule has 0 saturated carbocycles. The smallest absolute Gasteiger partial charge is 0.260 e. The number of rotatable bonds is 2. The number of aryl methyl sites for hydroxylation is 1. The molecule has 0 spiro atoms. The largest absolute Gasteiger partial charge is 0.398 e. The second-order valence-corrected chi connectivity index (χ2v) is 3.51. The average Bonchev–Trinajstić information content (AvgIpc) is 2.01. The maximum atomic E-state index is 11.8. The van der Waals surface area contributed by atoms with Gasteiger partial charge < -0.3 is 0 Å². The quantitative estimate of drug-likeness (QED) is 0.691. The molecule has 0 aliphatic heterocycles. The number of thioether (sulfide) groups is 1. The lowest BCUT2D eigenvalue weighted by atomic mass is 10.4. The van der Waals surface area contributed by atoms with Gasteiger partial charge in [0.2, 0.25) is 0 Å². The number of nitrogens with zero attached hydrogens (tertiary/aromatic N) is 1. The van der Waals surface area contributed by atoms with E-state index in [1.807, 2.05) is 0 Å². The van der Waals surface area contributed by atoms with Crippen LogP contribution in [0.25, 0.3) is 0 Å². The Labute approximate surface area is 78.4 Å². The molecule has 1 heterocycles. The number of pyridine rings is 1. The molecule has 0 unspecified atom stereocenters. The third kappa shape index (κ3) is 3.67. The molecular formula is C8H8F3NS. The van der Waals surface area contributed by atoms with Crippen molar-refractivity contribution in [3.63, 3.8) is 0 Å². The lowest BCUT2D eigenvalue weighted by molar-refractivity contribution is -0.105. The highest BCUT2D eigenvalue weighted by Crippen LogP contribution is 2.28. The summed E-state index contributed by atoms with van der Waals surface area (Å²) >= 11 is 0.766. The second-order valence-electron chi connectivity index (χ2n) is 2.49. The van der Waals surface area contributed by atoms with E-state index in [1.54, 1.807) is 25.3 Å². The molecule has 0 amide bonds. The normalized spacial score (nSPS) is 11.7. The molecule has 0 aliphatic carbocycles. The van der Waals surface area contributed by atoms with Crippen molar-refractivity contribution in [3.8, 4) is 0 Å². The van der Waals surface area contributed by atoms with E-state index in [2.05, 4.69) is 4.98 Å². The van der Waals surface area contributed by atoms with Gasteiger partial charge in [0.25, 0.3) is 0 Å². The zero-order valence-corrected chi connectivity index (χ0v) is 7.75. The van der Waals surface area contributed by atoms with Crippen LogP contribution in [0.3, 0.4) is 0 Å². The molecule has 1 nitrogen and oxygen atoms in total.